The Kier molecular flexibility index (Phi) is 2.57. The largest absolute Gasteiger partial charge is 0.368 e. The van der Waals surface area contributed by atoms with Crippen molar-refractivity contribution < 1.29 is 4.74 Å². The first-order valence-corrected chi connectivity index (χ1v) is 6.27. The Balaban J connectivity index is 1.98. The van der Waals surface area contributed by atoms with Crippen LogP contribution >= 0.6 is 0 Å². The average molecular weight is 229 g/mol. The molecule has 2 heterocycles. The number of hydrogen-bond acceptors (Lipinski definition) is 2. The smallest absolute Gasteiger partial charge is 0.0932 e. The van der Waals surface area contributed by atoms with Gasteiger partial charge in [0.25, 0.3) is 0 Å². The first kappa shape index (κ1) is 11.0. The fourth-order valence-corrected chi connectivity index (χ4v) is 3.33. The van der Waals surface area contributed by atoms with Crippen molar-refractivity contribution in [1.82, 2.24) is 4.90 Å². The second-order valence-corrected chi connectivity index (χ2v) is 5.32. The minimum Gasteiger partial charge on any atom is -0.368 e. The van der Waals surface area contributed by atoms with E-state index in [2.05, 4.69) is 48.9 Å². The number of rotatable bonds is 1. The van der Waals surface area contributed by atoms with E-state index in [4.69, 9.17) is 4.74 Å². The van der Waals surface area contributed by atoms with Gasteiger partial charge < -0.3 is 4.74 Å². The molecule has 2 fully saturated rings. The maximum Gasteiger partial charge on any atom is 0.0932 e. The van der Waals surface area contributed by atoms with E-state index in [9.17, 15) is 0 Å². The average Bonchev–Trinajstić information content (AvgIpc) is 2.85. The van der Waals surface area contributed by atoms with Gasteiger partial charge >= 0.3 is 0 Å². The Morgan fingerprint density at radius 2 is 2.12 bits per heavy atom. The SMILES string of the molecule is C=C1COC2(CCN(C)C2c2ccccc2)C1. The lowest BCUT2D eigenvalue weighted by Crippen LogP contribution is -2.35. The maximum absolute atomic E-state index is 6.11. The van der Waals surface area contributed by atoms with Crippen LogP contribution in [0.3, 0.4) is 0 Å². The molecule has 2 nitrogen and oxygen atoms in total. The second kappa shape index (κ2) is 3.97. The van der Waals surface area contributed by atoms with E-state index < -0.39 is 0 Å². The van der Waals surface area contributed by atoms with Crippen molar-refractivity contribution in [1.29, 1.82) is 0 Å². The summed E-state index contributed by atoms with van der Waals surface area (Å²) in [6.45, 7) is 5.92. The van der Waals surface area contributed by atoms with Crippen LogP contribution in [0, 0.1) is 0 Å². The number of ether oxygens (including phenoxy) is 1. The zero-order chi connectivity index (χ0) is 11.9. The quantitative estimate of drug-likeness (QED) is 0.687. The van der Waals surface area contributed by atoms with E-state index in [0.717, 1.165) is 26.0 Å². The monoisotopic (exact) mass is 229 g/mol. The van der Waals surface area contributed by atoms with Crippen LogP contribution in [0.15, 0.2) is 42.5 Å². The predicted octanol–water partition coefficient (Wildman–Crippen LogP) is 2.78. The highest BCUT2D eigenvalue weighted by atomic mass is 16.5. The molecule has 0 amide bonds. The summed E-state index contributed by atoms with van der Waals surface area (Å²) in [5.41, 5.74) is 2.58. The van der Waals surface area contributed by atoms with Crippen molar-refractivity contribution in [2.75, 3.05) is 20.2 Å². The van der Waals surface area contributed by atoms with Crippen LogP contribution < -0.4 is 0 Å². The first-order chi connectivity index (χ1) is 8.21. The molecule has 2 atom stereocenters. The molecule has 1 spiro atoms. The molecule has 0 N–H and O–H groups in total. The fourth-order valence-electron chi connectivity index (χ4n) is 3.33. The summed E-state index contributed by atoms with van der Waals surface area (Å²) in [4.78, 5) is 2.41. The minimum atomic E-state index is -0.0206. The minimum absolute atomic E-state index is 0.0206. The van der Waals surface area contributed by atoms with Crippen LogP contribution in [0.25, 0.3) is 0 Å². The molecular weight excluding hydrogens is 210 g/mol. The molecule has 0 aromatic heterocycles. The molecule has 2 saturated heterocycles. The van der Waals surface area contributed by atoms with Crippen molar-refractivity contribution in [2.24, 2.45) is 0 Å². The van der Waals surface area contributed by atoms with E-state index in [0.29, 0.717) is 6.04 Å². The van der Waals surface area contributed by atoms with Crippen molar-refractivity contribution >= 4 is 0 Å². The highest BCUT2D eigenvalue weighted by Crippen LogP contribution is 2.48. The van der Waals surface area contributed by atoms with Gasteiger partial charge in [-0.05, 0) is 24.6 Å². The van der Waals surface area contributed by atoms with Crippen LogP contribution in [-0.2, 0) is 4.74 Å². The number of nitrogens with zero attached hydrogens (tertiary/aromatic N) is 1. The van der Waals surface area contributed by atoms with E-state index in [1.54, 1.807) is 0 Å². The topological polar surface area (TPSA) is 12.5 Å². The Bertz CT molecular complexity index is 428. The molecule has 0 bridgehead atoms. The zero-order valence-corrected chi connectivity index (χ0v) is 10.4. The van der Waals surface area contributed by atoms with Crippen molar-refractivity contribution in [3.63, 3.8) is 0 Å². The van der Waals surface area contributed by atoms with E-state index in [1.165, 1.54) is 11.1 Å². The van der Waals surface area contributed by atoms with Gasteiger partial charge in [0.05, 0.1) is 18.2 Å². The first-order valence-electron chi connectivity index (χ1n) is 6.27. The van der Waals surface area contributed by atoms with Gasteiger partial charge in [-0.15, -0.1) is 0 Å². The molecule has 1 aromatic rings. The predicted molar refractivity (Wildman–Crippen MR) is 68.9 cm³/mol. The van der Waals surface area contributed by atoms with Gasteiger partial charge in [-0.2, -0.15) is 0 Å². The Labute approximate surface area is 103 Å². The lowest BCUT2D eigenvalue weighted by molar-refractivity contribution is -0.0210. The summed E-state index contributed by atoms with van der Waals surface area (Å²) in [6, 6.07) is 11.1. The number of hydrogen-bond donors (Lipinski definition) is 0. The van der Waals surface area contributed by atoms with Gasteiger partial charge in [0.2, 0.25) is 0 Å². The summed E-state index contributed by atoms with van der Waals surface area (Å²) < 4.78 is 6.11. The third-order valence-electron chi connectivity index (χ3n) is 4.06. The van der Waals surface area contributed by atoms with Crippen molar-refractivity contribution in [3.05, 3.63) is 48.0 Å². The van der Waals surface area contributed by atoms with Gasteiger partial charge in [0.15, 0.2) is 0 Å². The van der Waals surface area contributed by atoms with E-state index >= 15 is 0 Å². The lowest BCUT2D eigenvalue weighted by atomic mass is 9.86. The third-order valence-corrected chi connectivity index (χ3v) is 4.06. The van der Waals surface area contributed by atoms with E-state index in [1.807, 2.05) is 0 Å². The normalized spacial score (nSPS) is 33.7. The molecule has 90 valence electrons. The van der Waals surface area contributed by atoms with Crippen LogP contribution in [0.5, 0.6) is 0 Å². The molecule has 0 saturated carbocycles. The molecule has 0 radical (unpaired) electrons. The molecule has 3 rings (SSSR count). The summed E-state index contributed by atoms with van der Waals surface area (Å²) in [5, 5.41) is 0. The number of likely N-dealkylation sites (tertiary alicyclic amines) is 1. The van der Waals surface area contributed by atoms with Crippen LogP contribution in [0.2, 0.25) is 0 Å². The van der Waals surface area contributed by atoms with Gasteiger partial charge in [0.1, 0.15) is 0 Å². The fraction of sp³-hybridized carbons (Fsp3) is 0.467. The molecule has 2 unspecified atom stereocenters. The van der Waals surface area contributed by atoms with E-state index in [-0.39, 0.29) is 5.60 Å². The van der Waals surface area contributed by atoms with Gasteiger partial charge in [-0.1, -0.05) is 36.9 Å². The second-order valence-electron chi connectivity index (χ2n) is 5.32. The molecule has 2 heteroatoms. The number of likely N-dealkylation sites (N-methyl/N-ethyl adjacent to an activating group) is 1. The van der Waals surface area contributed by atoms with Gasteiger partial charge in [0, 0.05) is 13.0 Å². The lowest BCUT2D eigenvalue weighted by Gasteiger charge is -2.33. The molecule has 1 aromatic carbocycles. The van der Waals surface area contributed by atoms with Gasteiger partial charge in [-0.3, -0.25) is 4.90 Å². The van der Waals surface area contributed by atoms with Crippen LogP contribution in [-0.4, -0.2) is 30.7 Å². The van der Waals surface area contributed by atoms with Crippen LogP contribution in [0.4, 0.5) is 0 Å². The molecule has 0 aliphatic carbocycles. The van der Waals surface area contributed by atoms with Crippen molar-refractivity contribution in [2.45, 2.75) is 24.5 Å². The standard InChI is InChI=1S/C15H19NO/c1-12-10-15(17-11-12)8-9-16(2)14(15)13-6-4-3-5-7-13/h3-7,14H,1,8-11H2,2H3. The Morgan fingerprint density at radius 3 is 2.76 bits per heavy atom. The Hall–Kier alpha value is -1.12. The molecule has 2 aliphatic heterocycles. The highest BCUT2D eigenvalue weighted by Gasteiger charge is 2.50. The summed E-state index contributed by atoms with van der Waals surface area (Å²) in [5.74, 6) is 0. The Morgan fingerprint density at radius 1 is 1.35 bits per heavy atom. The summed E-state index contributed by atoms with van der Waals surface area (Å²) in [7, 11) is 2.19. The molecule has 17 heavy (non-hydrogen) atoms. The summed E-state index contributed by atoms with van der Waals surface area (Å²) >= 11 is 0. The summed E-state index contributed by atoms with van der Waals surface area (Å²) in [6.07, 6.45) is 2.12. The molecular formula is C15H19NO. The van der Waals surface area contributed by atoms with Gasteiger partial charge in [-0.25, -0.2) is 0 Å². The maximum atomic E-state index is 6.11. The van der Waals surface area contributed by atoms with Crippen molar-refractivity contribution in [3.8, 4) is 0 Å². The zero-order valence-electron chi connectivity index (χ0n) is 10.4. The highest BCUT2D eigenvalue weighted by molar-refractivity contribution is 5.27. The molecule has 2 aliphatic rings. The number of benzene rings is 1. The third kappa shape index (κ3) is 1.72. The van der Waals surface area contributed by atoms with Crippen LogP contribution in [0.1, 0.15) is 24.4 Å².